The fraction of sp³-hybridized carbons (Fsp3) is 0. The molecule has 2 aromatic heterocycles. The molecule has 2 heterocycles. The molecule has 0 unspecified atom stereocenters. The van der Waals surface area contributed by atoms with Crippen LogP contribution < -0.4 is 0 Å². The van der Waals surface area contributed by atoms with Crippen molar-refractivity contribution in [3.8, 4) is 11.5 Å². The maximum Gasteiger partial charge on any atom is 0.158 e. The van der Waals surface area contributed by atoms with Gasteiger partial charge in [0.05, 0.1) is 6.20 Å². The van der Waals surface area contributed by atoms with Crippen LogP contribution in [0.25, 0.3) is 11.5 Å². The van der Waals surface area contributed by atoms with Crippen LogP contribution in [-0.4, -0.2) is 15.0 Å². The Morgan fingerprint density at radius 3 is 2.57 bits per heavy atom. The van der Waals surface area contributed by atoms with Gasteiger partial charge in [-0.1, -0.05) is 0 Å². The fourth-order valence-electron chi connectivity index (χ4n) is 0.968. The first-order valence-electron chi connectivity index (χ1n) is 3.70. The summed E-state index contributed by atoms with van der Waals surface area (Å²) in [6.45, 7) is 0. The molecular weight excluding hydrogens is 411 g/mol. The van der Waals surface area contributed by atoms with Crippen LogP contribution in [0.2, 0.25) is 0 Å². The Kier molecular flexibility index (Phi) is 3.00. The molecule has 1 N–H and O–H groups in total. The van der Waals surface area contributed by atoms with E-state index in [2.05, 4.69) is 60.1 Å². The molecule has 2 aromatic rings. The Morgan fingerprint density at radius 1 is 1.29 bits per heavy atom. The molecule has 0 spiro atoms. The number of rotatable bonds is 1. The maximum atomic E-state index is 12.6. The van der Waals surface area contributed by atoms with Crippen LogP contribution >= 0.6 is 45.2 Å². The summed E-state index contributed by atoms with van der Waals surface area (Å²) in [5, 5.41) is 0. The minimum absolute atomic E-state index is 0.343. The average molecular weight is 415 g/mol. The van der Waals surface area contributed by atoms with Crippen molar-refractivity contribution in [2.75, 3.05) is 0 Å². The maximum absolute atomic E-state index is 12.6. The number of nitrogens with one attached hydrogen (secondary N) is 1. The molecule has 0 saturated carbocycles. The SMILES string of the molecule is Fc1ccc(-c2nc(I)c(I)[nH]2)nc1. The molecular formula is C8H4FI2N3. The standard InChI is InChI=1S/C8H4FI2N3/c9-4-1-2-5(12-3-4)8-13-6(10)7(11)14-8/h1-3H,(H,13,14). The van der Waals surface area contributed by atoms with E-state index in [4.69, 9.17) is 0 Å². The molecule has 0 aromatic carbocycles. The van der Waals surface area contributed by atoms with Gasteiger partial charge in [-0.3, -0.25) is 0 Å². The molecule has 0 aliphatic heterocycles. The van der Waals surface area contributed by atoms with Crippen molar-refractivity contribution >= 4 is 45.2 Å². The molecule has 0 amide bonds. The number of hydrogen-bond acceptors (Lipinski definition) is 2. The predicted molar refractivity (Wildman–Crippen MR) is 67.2 cm³/mol. The van der Waals surface area contributed by atoms with Crippen molar-refractivity contribution in [3.63, 3.8) is 0 Å². The molecule has 6 heteroatoms. The highest BCUT2D eigenvalue weighted by molar-refractivity contribution is 14.1. The molecule has 0 saturated heterocycles. The summed E-state index contributed by atoms with van der Waals surface area (Å²) in [5.74, 6) is 0.323. The zero-order chi connectivity index (χ0) is 10.1. The van der Waals surface area contributed by atoms with E-state index in [0.717, 1.165) is 7.40 Å². The number of hydrogen-bond donors (Lipinski definition) is 1. The molecule has 0 aliphatic rings. The van der Waals surface area contributed by atoms with E-state index >= 15 is 0 Å². The lowest BCUT2D eigenvalue weighted by molar-refractivity contribution is 0.621. The lowest BCUT2D eigenvalue weighted by Gasteiger charge is -1.93. The minimum atomic E-state index is -0.343. The van der Waals surface area contributed by atoms with Gasteiger partial charge >= 0.3 is 0 Å². The van der Waals surface area contributed by atoms with Crippen molar-refractivity contribution in [1.29, 1.82) is 0 Å². The van der Waals surface area contributed by atoms with E-state index in [0.29, 0.717) is 11.5 Å². The summed E-state index contributed by atoms with van der Waals surface area (Å²) < 4.78 is 14.4. The molecule has 0 radical (unpaired) electrons. The quantitative estimate of drug-likeness (QED) is 0.729. The highest BCUT2D eigenvalue weighted by Crippen LogP contribution is 2.18. The summed E-state index contributed by atoms with van der Waals surface area (Å²) in [7, 11) is 0. The van der Waals surface area contributed by atoms with Gasteiger partial charge < -0.3 is 4.98 Å². The zero-order valence-corrected chi connectivity index (χ0v) is 11.1. The summed E-state index contributed by atoms with van der Waals surface area (Å²) in [6.07, 6.45) is 1.18. The molecule has 72 valence electrons. The molecule has 2 rings (SSSR count). The van der Waals surface area contributed by atoms with Crippen LogP contribution in [0.3, 0.4) is 0 Å². The van der Waals surface area contributed by atoms with Gasteiger partial charge in [-0.15, -0.1) is 0 Å². The van der Waals surface area contributed by atoms with Crippen molar-refractivity contribution < 1.29 is 4.39 Å². The Hall–Kier alpha value is -0.250. The molecule has 0 atom stereocenters. The molecule has 14 heavy (non-hydrogen) atoms. The van der Waals surface area contributed by atoms with E-state index in [1.54, 1.807) is 6.07 Å². The Labute approximate surface area is 107 Å². The van der Waals surface area contributed by atoms with Gasteiger partial charge in [-0.25, -0.2) is 14.4 Å². The summed E-state index contributed by atoms with van der Waals surface area (Å²) in [6, 6.07) is 2.96. The van der Waals surface area contributed by atoms with Gasteiger partial charge in [0, 0.05) is 0 Å². The smallest absolute Gasteiger partial charge is 0.158 e. The van der Waals surface area contributed by atoms with E-state index in [-0.39, 0.29) is 5.82 Å². The van der Waals surface area contributed by atoms with E-state index in [9.17, 15) is 4.39 Å². The van der Waals surface area contributed by atoms with E-state index in [1.807, 2.05) is 0 Å². The summed E-state index contributed by atoms with van der Waals surface area (Å²) in [4.78, 5) is 11.2. The third-order valence-corrected chi connectivity index (χ3v) is 4.18. The lowest BCUT2D eigenvalue weighted by atomic mass is 10.3. The lowest BCUT2D eigenvalue weighted by Crippen LogP contribution is -1.86. The second-order valence-electron chi connectivity index (χ2n) is 2.55. The topological polar surface area (TPSA) is 41.6 Å². The summed E-state index contributed by atoms with van der Waals surface area (Å²) in [5.41, 5.74) is 0.646. The molecule has 3 nitrogen and oxygen atoms in total. The van der Waals surface area contributed by atoms with E-state index in [1.165, 1.54) is 12.3 Å². The van der Waals surface area contributed by atoms with Crippen LogP contribution in [-0.2, 0) is 0 Å². The number of aromatic nitrogens is 3. The third kappa shape index (κ3) is 2.05. The average Bonchev–Trinajstić information content (AvgIpc) is 2.48. The van der Waals surface area contributed by atoms with Crippen LogP contribution in [0.5, 0.6) is 0 Å². The van der Waals surface area contributed by atoms with Gasteiger partial charge in [0.25, 0.3) is 0 Å². The predicted octanol–water partition coefficient (Wildman–Crippen LogP) is 2.82. The first-order chi connectivity index (χ1) is 6.66. The highest BCUT2D eigenvalue weighted by atomic mass is 127. The van der Waals surface area contributed by atoms with Crippen molar-refractivity contribution in [2.24, 2.45) is 0 Å². The third-order valence-electron chi connectivity index (χ3n) is 1.59. The second kappa shape index (κ2) is 4.09. The van der Waals surface area contributed by atoms with Crippen molar-refractivity contribution in [1.82, 2.24) is 15.0 Å². The van der Waals surface area contributed by atoms with Gasteiger partial charge in [-0.2, -0.15) is 0 Å². The first-order valence-corrected chi connectivity index (χ1v) is 5.85. The summed E-state index contributed by atoms with van der Waals surface area (Å²) >= 11 is 4.28. The van der Waals surface area contributed by atoms with Crippen LogP contribution in [0, 0.1) is 13.2 Å². The van der Waals surface area contributed by atoms with E-state index < -0.39 is 0 Å². The molecule has 0 bridgehead atoms. The minimum Gasteiger partial charge on any atom is -0.331 e. The largest absolute Gasteiger partial charge is 0.331 e. The Balaban J connectivity index is 2.44. The van der Waals surface area contributed by atoms with Gasteiger partial charge in [0.15, 0.2) is 5.82 Å². The van der Waals surface area contributed by atoms with Crippen molar-refractivity contribution in [3.05, 3.63) is 31.5 Å². The zero-order valence-electron chi connectivity index (χ0n) is 6.76. The molecule has 0 fully saturated rings. The van der Waals surface area contributed by atoms with Gasteiger partial charge in [0.2, 0.25) is 0 Å². The van der Waals surface area contributed by atoms with Crippen LogP contribution in [0.1, 0.15) is 0 Å². The van der Waals surface area contributed by atoms with Crippen LogP contribution in [0.4, 0.5) is 4.39 Å². The number of pyridine rings is 1. The Bertz CT molecular complexity index is 433. The fourth-order valence-corrected chi connectivity index (χ4v) is 1.72. The first kappa shape index (κ1) is 10.3. The number of aromatic amines is 1. The van der Waals surface area contributed by atoms with Gasteiger partial charge in [0.1, 0.15) is 18.9 Å². The number of halogens is 3. The van der Waals surface area contributed by atoms with Crippen molar-refractivity contribution in [2.45, 2.75) is 0 Å². The highest BCUT2D eigenvalue weighted by Gasteiger charge is 2.07. The van der Waals surface area contributed by atoms with Gasteiger partial charge in [-0.05, 0) is 57.3 Å². The molecule has 0 aliphatic carbocycles. The Morgan fingerprint density at radius 2 is 2.07 bits per heavy atom. The normalized spacial score (nSPS) is 10.5. The van der Waals surface area contributed by atoms with Crippen LogP contribution in [0.15, 0.2) is 18.3 Å². The monoisotopic (exact) mass is 415 g/mol. The number of nitrogens with zero attached hydrogens (tertiary/aromatic N) is 2. The number of H-pyrrole nitrogens is 1. The number of imidazole rings is 1. The second-order valence-corrected chi connectivity index (χ2v) is 4.65.